The van der Waals surface area contributed by atoms with Crippen molar-refractivity contribution in [2.45, 2.75) is 24.4 Å². The van der Waals surface area contributed by atoms with Crippen LogP contribution in [0.2, 0.25) is 0 Å². The Bertz CT molecular complexity index is 146. The van der Waals surface area contributed by atoms with E-state index in [-0.39, 0.29) is 13.7 Å². The summed E-state index contributed by atoms with van der Waals surface area (Å²) in [5.41, 5.74) is 0. The van der Waals surface area contributed by atoms with Gasteiger partial charge < -0.3 is 30.3 Å². The highest BCUT2D eigenvalue weighted by atomic mass is 16.5. The highest BCUT2D eigenvalue weighted by Crippen LogP contribution is 2.04. The van der Waals surface area contributed by atoms with Crippen molar-refractivity contribution >= 4 is 0 Å². The monoisotopic (exact) mass is 197 g/mol. The fourth-order valence-electron chi connectivity index (χ4n) is 0.783. The van der Waals surface area contributed by atoms with E-state index in [1.165, 1.54) is 0 Å². The van der Waals surface area contributed by atoms with Gasteiger partial charge in [0.25, 0.3) is 0 Å². The molecule has 0 rings (SSSR count). The molecule has 0 unspecified atom stereocenters. The minimum Gasteiger partial charge on any atom is -0.394 e. The second kappa shape index (κ2) is 6.25. The molecule has 0 aliphatic carbocycles. The number of aliphatic hydroxyl groups is 5. The first kappa shape index (κ1) is 10.8. The maximum atomic E-state index is 9.20. The average Bonchev–Trinajstić information content (AvgIpc) is 2.22. The molecule has 80 valence electrons. The number of ether oxygens (including phenoxy) is 1. The molecule has 0 saturated carbocycles. The SMILES string of the molecule is [2H]COC[C@@H](O)[C@@H](O)[C@H](O)[C@H](O)CO. The maximum absolute atomic E-state index is 9.20. The Morgan fingerprint density at radius 2 is 1.69 bits per heavy atom. The van der Waals surface area contributed by atoms with E-state index in [0.29, 0.717) is 0 Å². The van der Waals surface area contributed by atoms with Crippen LogP contribution in [0.4, 0.5) is 0 Å². The zero-order chi connectivity index (χ0) is 11.1. The fourth-order valence-corrected chi connectivity index (χ4v) is 0.783. The molecule has 6 heteroatoms. The molecule has 0 aromatic carbocycles. The number of hydrogen-bond acceptors (Lipinski definition) is 6. The van der Waals surface area contributed by atoms with Crippen LogP contribution in [0.3, 0.4) is 0 Å². The third-order valence-electron chi connectivity index (χ3n) is 1.61. The molecule has 0 spiro atoms. The van der Waals surface area contributed by atoms with Crippen LogP contribution < -0.4 is 0 Å². The van der Waals surface area contributed by atoms with Crippen molar-refractivity contribution in [2.24, 2.45) is 0 Å². The van der Waals surface area contributed by atoms with E-state index in [9.17, 15) is 5.11 Å². The van der Waals surface area contributed by atoms with Gasteiger partial charge >= 0.3 is 0 Å². The van der Waals surface area contributed by atoms with Gasteiger partial charge in [-0.25, -0.2) is 0 Å². The summed E-state index contributed by atoms with van der Waals surface area (Å²) in [6, 6.07) is 0. The average molecular weight is 197 g/mol. The summed E-state index contributed by atoms with van der Waals surface area (Å²) in [4.78, 5) is 0. The molecule has 0 aliphatic rings. The van der Waals surface area contributed by atoms with E-state index in [1.807, 2.05) is 0 Å². The fraction of sp³-hybridized carbons (Fsp3) is 1.00. The molecule has 5 N–H and O–H groups in total. The van der Waals surface area contributed by atoms with Crippen molar-refractivity contribution in [3.8, 4) is 0 Å². The molecule has 0 radical (unpaired) electrons. The van der Waals surface area contributed by atoms with Gasteiger partial charge in [-0.1, -0.05) is 0 Å². The van der Waals surface area contributed by atoms with E-state index < -0.39 is 31.0 Å². The van der Waals surface area contributed by atoms with E-state index in [0.717, 1.165) is 0 Å². The van der Waals surface area contributed by atoms with E-state index in [2.05, 4.69) is 4.74 Å². The summed E-state index contributed by atoms with van der Waals surface area (Å²) >= 11 is 0. The Morgan fingerprint density at radius 3 is 2.15 bits per heavy atom. The van der Waals surface area contributed by atoms with Crippen LogP contribution >= 0.6 is 0 Å². The van der Waals surface area contributed by atoms with Gasteiger partial charge in [0.05, 0.1) is 14.6 Å². The Balaban J connectivity index is 3.95. The Morgan fingerprint density at radius 1 is 1.15 bits per heavy atom. The topological polar surface area (TPSA) is 110 Å². The molecule has 4 atom stereocenters. The highest BCUT2D eigenvalue weighted by molar-refractivity contribution is 4.80. The van der Waals surface area contributed by atoms with Gasteiger partial charge in [0.15, 0.2) is 0 Å². The quantitative estimate of drug-likeness (QED) is 0.312. The molecule has 0 aliphatic heterocycles. The molecule has 0 fully saturated rings. The molecule has 0 saturated heterocycles. The Kier molecular flexibility index (Phi) is 5.21. The number of hydrogen-bond donors (Lipinski definition) is 5. The lowest BCUT2D eigenvalue weighted by molar-refractivity contribution is -0.126. The summed E-state index contributed by atoms with van der Waals surface area (Å²) in [5.74, 6) is 0. The minimum absolute atomic E-state index is 0.320. The molecule has 0 bridgehead atoms. The molecule has 13 heavy (non-hydrogen) atoms. The standard InChI is InChI=1S/C7H16O6/c1-13-3-5(10)7(12)6(11)4(9)2-8/h4-12H,2-3H2,1H3/t4-,5-,6-,7-/m1/s1/i1D. The first-order chi connectivity index (χ1) is 6.54. The number of methoxy groups -OCH3 is 1. The second-order valence-corrected chi connectivity index (χ2v) is 2.67. The Labute approximate surface area is 77.4 Å². The molecular formula is C7H16O6. The van der Waals surface area contributed by atoms with Gasteiger partial charge in [-0.05, 0) is 0 Å². The number of rotatable bonds is 6. The zero-order valence-electron chi connectivity index (χ0n) is 8.08. The van der Waals surface area contributed by atoms with Crippen molar-refractivity contribution in [1.29, 1.82) is 0 Å². The molecule has 0 heterocycles. The predicted octanol–water partition coefficient (Wildman–Crippen LogP) is -2.93. The second-order valence-electron chi connectivity index (χ2n) is 2.67. The summed E-state index contributed by atoms with van der Waals surface area (Å²) < 4.78 is 11.1. The predicted molar refractivity (Wildman–Crippen MR) is 43.0 cm³/mol. The van der Waals surface area contributed by atoms with Gasteiger partial charge in [-0.15, -0.1) is 0 Å². The van der Waals surface area contributed by atoms with Crippen LogP contribution in [0, 0.1) is 0 Å². The minimum atomic E-state index is -1.65. The van der Waals surface area contributed by atoms with Crippen LogP contribution in [0.1, 0.15) is 1.37 Å². The van der Waals surface area contributed by atoms with Crippen molar-refractivity contribution in [3.05, 3.63) is 0 Å². The summed E-state index contributed by atoms with van der Waals surface area (Å²) in [6.45, 7) is -1.04. The smallest absolute Gasteiger partial charge is 0.111 e. The summed E-state index contributed by atoms with van der Waals surface area (Å²) in [7, 11) is -0.373. The highest BCUT2D eigenvalue weighted by Gasteiger charge is 2.29. The van der Waals surface area contributed by atoms with Crippen LogP contribution in [-0.2, 0) is 4.74 Å². The molecule has 0 aromatic heterocycles. The van der Waals surface area contributed by atoms with Crippen LogP contribution in [-0.4, -0.2) is 70.2 Å². The summed E-state index contributed by atoms with van der Waals surface area (Å²) in [6.07, 6.45) is -6.19. The lowest BCUT2D eigenvalue weighted by Crippen LogP contribution is -2.47. The van der Waals surface area contributed by atoms with Crippen molar-refractivity contribution < 1.29 is 31.6 Å². The zero-order valence-corrected chi connectivity index (χ0v) is 7.08. The third-order valence-corrected chi connectivity index (χ3v) is 1.61. The number of aliphatic hydroxyl groups excluding tert-OH is 5. The van der Waals surface area contributed by atoms with E-state index in [4.69, 9.17) is 21.8 Å². The lowest BCUT2D eigenvalue weighted by atomic mass is 10.0. The normalized spacial score (nSPS) is 21.8. The molecular weight excluding hydrogens is 180 g/mol. The van der Waals surface area contributed by atoms with Crippen molar-refractivity contribution in [1.82, 2.24) is 0 Å². The van der Waals surface area contributed by atoms with E-state index >= 15 is 0 Å². The first-order valence-electron chi connectivity index (χ1n) is 4.45. The van der Waals surface area contributed by atoms with Gasteiger partial charge in [0.2, 0.25) is 0 Å². The maximum Gasteiger partial charge on any atom is 0.111 e. The Hall–Kier alpha value is -0.240. The van der Waals surface area contributed by atoms with Crippen molar-refractivity contribution in [2.75, 3.05) is 20.3 Å². The molecule has 0 amide bonds. The van der Waals surface area contributed by atoms with Crippen molar-refractivity contribution in [3.63, 3.8) is 0 Å². The molecule has 0 aromatic rings. The first-order valence-corrected chi connectivity index (χ1v) is 3.74. The third kappa shape index (κ3) is 3.99. The van der Waals surface area contributed by atoms with Gasteiger partial charge in [-0.2, -0.15) is 0 Å². The van der Waals surface area contributed by atoms with Gasteiger partial charge in [0, 0.05) is 7.09 Å². The molecule has 6 nitrogen and oxygen atoms in total. The van der Waals surface area contributed by atoms with Gasteiger partial charge in [-0.3, -0.25) is 0 Å². The van der Waals surface area contributed by atoms with Crippen LogP contribution in [0.5, 0.6) is 0 Å². The largest absolute Gasteiger partial charge is 0.394 e. The lowest BCUT2D eigenvalue weighted by Gasteiger charge is -2.24. The van der Waals surface area contributed by atoms with Crippen LogP contribution in [0.25, 0.3) is 0 Å². The van der Waals surface area contributed by atoms with Crippen LogP contribution in [0.15, 0.2) is 0 Å². The van der Waals surface area contributed by atoms with E-state index in [1.54, 1.807) is 0 Å². The summed E-state index contributed by atoms with van der Waals surface area (Å²) in [5, 5.41) is 44.9. The van der Waals surface area contributed by atoms with Gasteiger partial charge in [0.1, 0.15) is 24.4 Å².